The van der Waals surface area contributed by atoms with Crippen LogP contribution in [-0.4, -0.2) is 38.8 Å². The fraction of sp³-hybridized carbons (Fsp3) is 0.923. The van der Waals surface area contributed by atoms with E-state index < -0.39 is 0 Å². The second kappa shape index (κ2) is 8.48. The van der Waals surface area contributed by atoms with Crippen LogP contribution in [0.1, 0.15) is 33.1 Å². The molecule has 0 radical (unpaired) electrons. The van der Waals surface area contributed by atoms with Gasteiger partial charge in [0.25, 0.3) is 0 Å². The molecule has 1 rings (SSSR count). The summed E-state index contributed by atoms with van der Waals surface area (Å²) in [5.41, 5.74) is 0. The molecule has 1 aliphatic heterocycles. The molecule has 4 nitrogen and oxygen atoms in total. The first-order valence-corrected chi connectivity index (χ1v) is 6.76. The number of carbonyl (C=O) groups is 1. The van der Waals surface area contributed by atoms with Crippen LogP contribution in [0, 0.1) is 11.8 Å². The first kappa shape index (κ1) is 14.5. The van der Waals surface area contributed by atoms with Gasteiger partial charge in [-0.2, -0.15) is 0 Å². The van der Waals surface area contributed by atoms with Gasteiger partial charge in [0.2, 0.25) is 5.91 Å². The molecule has 0 aromatic heterocycles. The van der Waals surface area contributed by atoms with Gasteiger partial charge in [-0.3, -0.25) is 4.79 Å². The summed E-state index contributed by atoms with van der Waals surface area (Å²) in [6.07, 6.45) is 3.02. The summed E-state index contributed by atoms with van der Waals surface area (Å²) in [4.78, 5) is 11.7. The van der Waals surface area contributed by atoms with E-state index in [1.165, 1.54) is 0 Å². The van der Waals surface area contributed by atoms with Gasteiger partial charge in [-0.25, -0.2) is 0 Å². The monoisotopic (exact) mass is 242 g/mol. The Morgan fingerprint density at radius 3 is 3.00 bits per heavy atom. The SMILES string of the molecule is CC(C)COCCCNC(=O)[C@H]1CCCNC1. The quantitative estimate of drug-likeness (QED) is 0.659. The molecule has 0 spiro atoms. The summed E-state index contributed by atoms with van der Waals surface area (Å²) < 4.78 is 5.46. The predicted molar refractivity (Wildman–Crippen MR) is 68.9 cm³/mol. The van der Waals surface area contributed by atoms with E-state index in [1.54, 1.807) is 0 Å². The van der Waals surface area contributed by atoms with Crippen molar-refractivity contribution in [1.82, 2.24) is 10.6 Å². The average Bonchev–Trinajstić information content (AvgIpc) is 2.34. The molecule has 1 amide bonds. The zero-order valence-electron chi connectivity index (χ0n) is 11.1. The van der Waals surface area contributed by atoms with E-state index in [0.29, 0.717) is 5.92 Å². The summed E-state index contributed by atoms with van der Waals surface area (Å²) in [5, 5.41) is 6.23. The molecule has 2 N–H and O–H groups in total. The van der Waals surface area contributed by atoms with Crippen LogP contribution in [-0.2, 0) is 9.53 Å². The summed E-state index contributed by atoms with van der Waals surface area (Å²) in [6, 6.07) is 0. The molecule has 0 aliphatic carbocycles. The predicted octanol–water partition coefficient (Wildman–Crippen LogP) is 1.16. The van der Waals surface area contributed by atoms with E-state index in [1.807, 2.05) is 0 Å². The zero-order chi connectivity index (χ0) is 12.5. The van der Waals surface area contributed by atoms with Crippen molar-refractivity contribution < 1.29 is 9.53 Å². The Bertz CT molecular complexity index is 213. The Morgan fingerprint density at radius 1 is 1.53 bits per heavy atom. The van der Waals surface area contributed by atoms with Crippen LogP contribution in [0.15, 0.2) is 0 Å². The van der Waals surface area contributed by atoms with Gasteiger partial charge in [-0.1, -0.05) is 13.8 Å². The second-order valence-electron chi connectivity index (χ2n) is 5.16. The molecule has 0 aromatic rings. The number of piperidine rings is 1. The van der Waals surface area contributed by atoms with E-state index >= 15 is 0 Å². The lowest BCUT2D eigenvalue weighted by Gasteiger charge is -2.21. The van der Waals surface area contributed by atoms with Gasteiger partial charge < -0.3 is 15.4 Å². The average molecular weight is 242 g/mol. The van der Waals surface area contributed by atoms with Crippen molar-refractivity contribution in [3.8, 4) is 0 Å². The summed E-state index contributed by atoms with van der Waals surface area (Å²) in [7, 11) is 0. The Morgan fingerprint density at radius 2 is 2.35 bits per heavy atom. The fourth-order valence-corrected chi connectivity index (χ4v) is 1.92. The van der Waals surface area contributed by atoms with Gasteiger partial charge in [0.15, 0.2) is 0 Å². The Hall–Kier alpha value is -0.610. The molecule has 4 heteroatoms. The molecule has 1 fully saturated rings. The number of nitrogens with one attached hydrogen (secondary N) is 2. The maximum atomic E-state index is 11.7. The number of rotatable bonds is 7. The molecule has 0 bridgehead atoms. The third-order valence-electron chi connectivity index (χ3n) is 2.88. The normalized spacial score (nSPS) is 20.5. The minimum Gasteiger partial charge on any atom is -0.381 e. The Labute approximate surface area is 104 Å². The fourth-order valence-electron chi connectivity index (χ4n) is 1.92. The van der Waals surface area contributed by atoms with Gasteiger partial charge in [0.05, 0.1) is 5.92 Å². The van der Waals surface area contributed by atoms with Crippen molar-refractivity contribution in [3.63, 3.8) is 0 Å². The lowest BCUT2D eigenvalue weighted by molar-refractivity contribution is -0.125. The highest BCUT2D eigenvalue weighted by Gasteiger charge is 2.19. The van der Waals surface area contributed by atoms with Crippen LogP contribution >= 0.6 is 0 Å². The van der Waals surface area contributed by atoms with Crippen LogP contribution in [0.4, 0.5) is 0 Å². The van der Waals surface area contributed by atoms with E-state index in [4.69, 9.17) is 4.74 Å². The highest BCUT2D eigenvalue weighted by atomic mass is 16.5. The van der Waals surface area contributed by atoms with Crippen molar-refractivity contribution >= 4 is 5.91 Å². The van der Waals surface area contributed by atoms with E-state index in [-0.39, 0.29) is 11.8 Å². The number of carbonyl (C=O) groups excluding carboxylic acids is 1. The maximum Gasteiger partial charge on any atom is 0.224 e. The molecular formula is C13H26N2O2. The molecule has 1 saturated heterocycles. The standard InChI is InChI=1S/C13H26N2O2/c1-11(2)10-17-8-4-7-15-13(16)12-5-3-6-14-9-12/h11-12,14H,3-10H2,1-2H3,(H,15,16)/t12-/m0/s1. The number of hydrogen-bond acceptors (Lipinski definition) is 3. The third kappa shape index (κ3) is 6.64. The van der Waals surface area contributed by atoms with Gasteiger partial charge in [-0.05, 0) is 31.7 Å². The summed E-state index contributed by atoms with van der Waals surface area (Å²) in [6.45, 7) is 8.42. The van der Waals surface area contributed by atoms with Crippen LogP contribution in [0.2, 0.25) is 0 Å². The third-order valence-corrected chi connectivity index (χ3v) is 2.88. The number of ether oxygens (including phenoxy) is 1. The minimum absolute atomic E-state index is 0.167. The van der Waals surface area contributed by atoms with E-state index in [0.717, 1.165) is 52.1 Å². The molecule has 1 atom stereocenters. The topological polar surface area (TPSA) is 50.4 Å². The zero-order valence-corrected chi connectivity index (χ0v) is 11.1. The Kier molecular flexibility index (Phi) is 7.21. The first-order chi connectivity index (χ1) is 8.20. The highest BCUT2D eigenvalue weighted by molar-refractivity contribution is 5.78. The van der Waals surface area contributed by atoms with Crippen molar-refractivity contribution in [1.29, 1.82) is 0 Å². The van der Waals surface area contributed by atoms with Crippen molar-refractivity contribution in [3.05, 3.63) is 0 Å². The first-order valence-electron chi connectivity index (χ1n) is 6.76. The van der Waals surface area contributed by atoms with Gasteiger partial charge >= 0.3 is 0 Å². The highest BCUT2D eigenvalue weighted by Crippen LogP contribution is 2.09. The molecule has 0 aromatic carbocycles. The second-order valence-corrected chi connectivity index (χ2v) is 5.16. The summed E-state index contributed by atoms with van der Waals surface area (Å²) in [5.74, 6) is 0.944. The van der Waals surface area contributed by atoms with E-state index in [2.05, 4.69) is 24.5 Å². The Balaban J connectivity index is 1.96. The molecule has 100 valence electrons. The van der Waals surface area contributed by atoms with Crippen LogP contribution < -0.4 is 10.6 Å². The minimum atomic E-state index is 0.167. The van der Waals surface area contributed by atoms with Crippen LogP contribution in [0.3, 0.4) is 0 Å². The van der Waals surface area contributed by atoms with Crippen molar-refractivity contribution in [2.24, 2.45) is 11.8 Å². The van der Waals surface area contributed by atoms with Crippen molar-refractivity contribution in [2.45, 2.75) is 33.1 Å². The molecule has 0 unspecified atom stereocenters. The number of amides is 1. The van der Waals surface area contributed by atoms with Gasteiger partial charge in [0.1, 0.15) is 0 Å². The molecule has 1 aliphatic rings. The molecule has 1 heterocycles. The van der Waals surface area contributed by atoms with Crippen LogP contribution in [0.25, 0.3) is 0 Å². The smallest absolute Gasteiger partial charge is 0.224 e. The van der Waals surface area contributed by atoms with Gasteiger partial charge in [-0.15, -0.1) is 0 Å². The van der Waals surface area contributed by atoms with E-state index in [9.17, 15) is 4.79 Å². The molecular weight excluding hydrogens is 216 g/mol. The number of hydrogen-bond donors (Lipinski definition) is 2. The lowest BCUT2D eigenvalue weighted by Crippen LogP contribution is -2.40. The van der Waals surface area contributed by atoms with Crippen LogP contribution in [0.5, 0.6) is 0 Å². The largest absolute Gasteiger partial charge is 0.381 e. The summed E-state index contributed by atoms with van der Waals surface area (Å²) >= 11 is 0. The molecule has 0 saturated carbocycles. The molecule has 17 heavy (non-hydrogen) atoms. The van der Waals surface area contributed by atoms with Gasteiger partial charge in [0, 0.05) is 26.3 Å². The van der Waals surface area contributed by atoms with Crippen molar-refractivity contribution in [2.75, 3.05) is 32.8 Å². The maximum absolute atomic E-state index is 11.7. The lowest BCUT2D eigenvalue weighted by atomic mass is 9.99.